The number of hydrogen-bond donors (Lipinski definition) is 3. The average molecular weight is 234 g/mol. The molecule has 1 aromatic rings. The van der Waals surface area contributed by atoms with Crippen LogP contribution in [0.25, 0.3) is 0 Å². The summed E-state index contributed by atoms with van der Waals surface area (Å²) in [7, 11) is 0. The lowest BCUT2D eigenvalue weighted by atomic mass is 10.1. The Morgan fingerprint density at radius 3 is 2.88 bits per heavy atom. The second-order valence-electron chi connectivity index (χ2n) is 4.78. The number of aromatic hydroxyl groups is 1. The molecule has 0 radical (unpaired) electrons. The quantitative estimate of drug-likeness (QED) is 0.743. The third kappa shape index (κ3) is 3.20. The highest BCUT2D eigenvalue weighted by Crippen LogP contribution is 2.33. The van der Waals surface area contributed by atoms with Crippen LogP contribution in [0.2, 0.25) is 0 Å². The van der Waals surface area contributed by atoms with E-state index in [1.807, 2.05) is 0 Å². The molecule has 4 N–H and O–H groups in total. The zero-order valence-corrected chi connectivity index (χ0v) is 9.94. The van der Waals surface area contributed by atoms with Gasteiger partial charge in [0.05, 0.1) is 6.04 Å². The maximum Gasteiger partial charge on any atom is 0.241 e. The molecule has 1 atom stereocenters. The molecule has 0 spiro atoms. The summed E-state index contributed by atoms with van der Waals surface area (Å²) in [5, 5.41) is 12.2. The number of aryl methyl sites for hydroxylation is 1. The highest BCUT2D eigenvalue weighted by molar-refractivity contribution is 5.94. The minimum atomic E-state index is -0.453. The molecule has 0 unspecified atom stereocenters. The van der Waals surface area contributed by atoms with Crippen molar-refractivity contribution in [2.45, 2.75) is 32.2 Å². The van der Waals surface area contributed by atoms with E-state index >= 15 is 0 Å². The third-order valence-corrected chi connectivity index (χ3v) is 3.10. The Hall–Kier alpha value is -1.55. The van der Waals surface area contributed by atoms with Gasteiger partial charge in [-0.15, -0.1) is 0 Å². The molecule has 92 valence electrons. The number of benzene rings is 1. The van der Waals surface area contributed by atoms with E-state index in [0.717, 1.165) is 12.0 Å². The number of carbonyl (C=O) groups is 1. The van der Waals surface area contributed by atoms with Gasteiger partial charge in [0.25, 0.3) is 0 Å². The topological polar surface area (TPSA) is 75.4 Å². The van der Waals surface area contributed by atoms with Crippen LogP contribution >= 0.6 is 0 Å². The molecule has 0 bridgehead atoms. The lowest BCUT2D eigenvalue weighted by Gasteiger charge is -2.12. The highest BCUT2D eigenvalue weighted by atomic mass is 16.3. The molecule has 1 aliphatic rings. The lowest BCUT2D eigenvalue weighted by molar-refractivity contribution is -0.117. The summed E-state index contributed by atoms with van der Waals surface area (Å²) in [4.78, 5) is 11.8. The van der Waals surface area contributed by atoms with Gasteiger partial charge in [0.2, 0.25) is 5.91 Å². The summed E-state index contributed by atoms with van der Waals surface area (Å²) in [5.74, 6) is 0.626. The molecular weight excluding hydrogens is 216 g/mol. The first-order valence-corrected chi connectivity index (χ1v) is 5.92. The second kappa shape index (κ2) is 4.75. The Balaban J connectivity index is 1.94. The molecule has 1 aliphatic carbocycles. The van der Waals surface area contributed by atoms with E-state index in [4.69, 9.17) is 5.73 Å². The molecule has 4 nitrogen and oxygen atoms in total. The number of anilines is 1. The van der Waals surface area contributed by atoms with E-state index in [1.54, 1.807) is 19.1 Å². The number of phenolic OH excluding ortho intramolecular Hbond substituents is 1. The van der Waals surface area contributed by atoms with Gasteiger partial charge in [-0.05, 0) is 30.9 Å². The van der Waals surface area contributed by atoms with Crippen LogP contribution in [-0.2, 0) is 4.79 Å². The van der Waals surface area contributed by atoms with Crippen molar-refractivity contribution >= 4 is 11.6 Å². The van der Waals surface area contributed by atoms with Crippen molar-refractivity contribution in [3.8, 4) is 5.75 Å². The Bertz CT molecular complexity index is 427. The van der Waals surface area contributed by atoms with Crippen LogP contribution in [0.15, 0.2) is 18.2 Å². The van der Waals surface area contributed by atoms with Crippen molar-refractivity contribution in [2.75, 3.05) is 5.32 Å². The van der Waals surface area contributed by atoms with Crippen molar-refractivity contribution in [1.82, 2.24) is 0 Å². The van der Waals surface area contributed by atoms with Crippen LogP contribution in [0.5, 0.6) is 5.75 Å². The molecule has 0 heterocycles. The highest BCUT2D eigenvalue weighted by Gasteiger charge is 2.27. The maximum atomic E-state index is 11.8. The molecule has 17 heavy (non-hydrogen) atoms. The van der Waals surface area contributed by atoms with Crippen LogP contribution in [0.1, 0.15) is 24.8 Å². The minimum absolute atomic E-state index is 0.179. The van der Waals surface area contributed by atoms with Gasteiger partial charge in [0.15, 0.2) is 0 Å². The van der Waals surface area contributed by atoms with E-state index in [0.29, 0.717) is 11.6 Å². The van der Waals surface area contributed by atoms with Gasteiger partial charge in [0, 0.05) is 11.8 Å². The summed E-state index contributed by atoms with van der Waals surface area (Å²) >= 11 is 0. The Morgan fingerprint density at radius 2 is 2.29 bits per heavy atom. The summed E-state index contributed by atoms with van der Waals surface area (Å²) in [5.41, 5.74) is 7.17. The minimum Gasteiger partial charge on any atom is -0.508 e. The van der Waals surface area contributed by atoms with Gasteiger partial charge in [-0.3, -0.25) is 4.79 Å². The molecule has 0 aliphatic heterocycles. The fourth-order valence-corrected chi connectivity index (χ4v) is 1.74. The summed E-state index contributed by atoms with van der Waals surface area (Å²) in [6.45, 7) is 1.81. The summed E-state index contributed by atoms with van der Waals surface area (Å²) in [6, 6.07) is 4.61. The van der Waals surface area contributed by atoms with Crippen LogP contribution < -0.4 is 11.1 Å². The van der Waals surface area contributed by atoms with E-state index in [-0.39, 0.29) is 11.7 Å². The zero-order chi connectivity index (χ0) is 12.4. The monoisotopic (exact) mass is 234 g/mol. The number of hydrogen-bond acceptors (Lipinski definition) is 3. The molecule has 2 rings (SSSR count). The maximum absolute atomic E-state index is 11.8. The summed E-state index contributed by atoms with van der Waals surface area (Å²) < 4.78 is 0. The smallest absolute Gasteiger partial charge is 0.241 e. The van der Waals surface area contributed by atoms with Crippen molar-refractivity contribution < 1.29 is 9.90 Å². The van der Waals surface area contributed by atoms with Gasteiger partial charge in [-0.2, -0.15) is 0 Å². The largest absolute Gasteiger partial charge is 0.508 e. The first kappa shape index (κ1) is 11.9. The number of rotatable bonds is 4. The molecule has 1 fully saturated rings. The summed E-state index contributed by atoms with van der Waals surface area (Å²) in [6.07, 6.45) is 3.13. The molecular formula is C13H18N2O2. The van der Waals surface area contributed by atoms with Crippen molar-refractivity contribution in [2.24, 2.45) is 11.7 Å². The number of phenols is 1. The molecule has 1 saturated carbocycles. The number of nitrogens with two attached hydrogens (primary N) is 1. The number of carbonyl (C=O) groups excluding carboxylic acids is 1. The van der Waals surface area contributed by atoms with Gasteiger partial charge < -0.3 is 16.2 Å². The van der Waals surface area contributed by atoms with Gasteiger partial charge in [-0.1, -0.05) is 18.9 Å². The molecule has 1 amide bonds. The number of nitrogens with one attached hydrogen (secondary N) is 1. The predicted octanol–water partition coefficient (Wildman–Crippen LogP) is 1.77. The lowest BCUT2D eigenvalue weighted by Crippen LogP contribution is -2.35. The first-order chi connectivity index (χ1) is 8.06. The standard InChI is InChI=1S/C13H18N2O2/c1-8-2-5-10(7-12(8)16)15-13(17)11(14)6-9-3-4-9/h2,5,7,9,11,16H,3-4,6,14H2,1H3,(H,15,17)/t11-/m0/s1. The normalized spacial score (nSPS) is 16.6. The van der Waals surface area contributed by atoms with Crippen molar-refractivity contribution in [3.05, 3.63) is 23.8 Å². The van der Waals surface area contributed by atoms with Crippen molar-refractivity contribution in [1.29, 1.82) is 0 Å². The molecule has 4 heteroatoms. The Labute approximate surface area is 101 Å². The van der Waals surface area contributed by atoms with E-state index < -0.39 is 6.04 Å². The van der Waals surface area contributed by atoms with Crippen molar-refractivity contribution in [3.63, 3.8) is 0 Å². The van der Waals surface area contributed by atoms with Gasteiger partial charge in [0.1, 0.15) is 5.75 Å². The van der Waals surface area contributed by atoms with E-state index in [9.17, 15) is 9.90 Å². The third-order valence-electron chi connectivity index (χ3n) is 3.10. The average Bonchev–Trinajstić information content (AvgIpc) is 3.07. The molecule has 1 aromatic carbocycles. The SMILES string of the molecule is Cc1ccc(NC(=O)[C@@H](N)CC2CC2)cc1O. The zero-order valence-electron chi connectivity index (χ0n) is 9.94. The Kier molecular flexibility index (Phi) is 3.33. The van der Waals surface area contributed by atoms with Crippen LogP contribution in [0.4, 0.5) is 5.69 Å². The fraction of sp³-hybridized carbons (Fsp3) is 0.462. The van der Waals surface area contributed by atoms with Crippen LogP contribution in [0, 0.1) is 12.8 Å². The fourth-order valence-electron chi connectivity index (χ4n) is 1.74. The van der Waals surface area contributed by atoms with Gasteiger partial charge >= 0.3 is 0 Å². The van der Waals surface area contributed by atoms with E-state index in [1.165, 1.54) is 18.9 Å². The van der Waals surface area contributed by atoms with Gasteiger partial charge in [-0.25, -0.2) is 0 Å². The van der Waals surface area contributed by atoms with E-state index in [2.05, 4.69) is 5.32 Å². The number of amides is 1. The molecule has 0 aromatic heterocycles. The Morgan fingerprint density at radius 1 is 1.59 bits per heavy atom. The first-order valence-electron chi connectivity index (χ1n) is 5.92. The molecule has 0 saturated heterocycles. The van der Waals surface area contributed by atoms with Crippen LogP contribution in [-0.4, -0.2) is 17.1 Å². The second-order valence-corrected chi connectivity index (χ2v) is 4.78. The predicted molar refractivity (Wildman–Crippen MR) is 66.8 cm³/mol. The van der Waals surface area contributed by atoms with Crippen LogP contribution in [0.3, 0.4) is 0 Å².